The number of nitrogens with zero attached hydrogens (tertiary/aromatic N) is 3. The van der Waals surface area contributed by atoms with Gasteiger partial charge >= 0.3 is 0 Å². The molecule has 0 aliphatic heterocycles. The van der Waals surface area contributed by atoms with Crippen molar-refractivity contribution in [2.45, 2.75) is 13.8 Å². The first-order chi connectivity index (χ1) is 9.65. The van der Waals surface area contributed by atoms with Crippen molar-refractivity contribution in [2.75, 3.05) is 5.32 Å². The summed E-state index contributed by atoms with van der Waals surface area (Å²) in [6.07, 6.45) is 1.81. The quantitative estimate of drug-likeness (QED) is 0.775. The van der Waals surface area contributed by atoms with Gasteiger partial charge in [0.2, 0.25) is 0 Å². The number of nitrogens with one attached hydrogen (secondary N) is 1. The molecule has 5 heteroatoms. The summed E-state index contributed by atoms with van der Waals surface area (Å²) in [6, 6.07) is 11.2. The summed E-state index contributed by atoms with van der Waals surface area (Å²) in [5, 5.41) is 7.17. The standard InChI is InChI=1S/C15H14N4O/c1-10-8-9-19-14(16-10)13(11(2)18-19)15(20)17-12-6-4-3-5-7-12/h3-9H,1-2H3,(H,17,20). The highest BCUT2D eigenvalue weighted by Gasteiger charge is 2.18. The van der Waals surface area contributed by atoms with Gasteiger partial charge in [-0.1, -0.05) is 18.2 Å². The van der Waals surface area contributed by atoms with Crippen molar-refractivity contribution in [3.63, 3.8) is 0 Å². The third kappa shape index (κ3) is 2.14. The summed E-state index contributed by atoms with van der Waals surface area (Å²) in [5.41, 5.74) is 3.36. The molecule has 1 N–H and O–H groups in total. The molecule has 2 aromatic heterocycles. The Hall–Kier alpha value is -2.69. The fourth-order valence-corrected chi connectivity index (χ4v) is 2.11. The average Bonchev–Trinajstić information content (AvgIpc) is 2.75. The molecule has 0 atom stereocenters. The number of aromatic nitrogens is 3. The summed E-state index contributed by atoms with van der Waals surface area (Å²) in [6.45, 7) is 3.70. The van der Waals surface area contributed by atoms with Gasteiger partial charge in [0.05, 0.1) is 5.69 Å². The minimum Gasteiger partial charge on any atom is -0.322 e. The lowest BCUT2D eigenvalue weighted by Crippen LogP contribution is -2.13. The molecule has 20 heavy (non-hydrogen) atoms. The van der Waals surface area contributed by atoms with E-state index in [1.165, 1.54) is 0 Å². The van der Waals surface area contributed by atoms with Gasteiger partial charge in [-0.05, 0) is 32.0 Å². The Balaban J connectivity index is 2.03. The van der Waals surface area contributed by atoms with E-state index in [9.17, 15) is 4.79 Å². The highest BCUT2D eigenvalue weighted by Crippen LogP contribution is 2.16. The molecule has 5 nitrogen and oxygen atoms in total. The van der Waals surface area contributed by atoms with Crippen LogP contribution in [0.15, 0.2) is 42.6 Å². The summed E-state index contributed by atoms with van der Waals surface area (Å²) in [5.74, 6) is -0.193. The molecular weight excluding hydrogens is 252 g/mol. The molecule has 2 heterocycles. The van der Waals surface area contributed by atoms with Gasteiger partial charge in [0.15, 0.2) is 5.65 Å². The lowest BCUT2D eigenvalue weighted by atomic mass is 10.2. The number of hydrogen-bond acceptors (Lipinski definition) is 3. The van der Waals surface area contributed by atoms with E-state index in [1.807, 2.05) is 56.4 Å². The fraction of sp³-hybridized carbons (Fsp3) is 0.133. The van der Waals surface area contributed by atoms with Crippen molar-refractivity contribution in [3.8, 4) is 0 Å². The monoisotopic (exact) mass is 266 g/mol. The van der Waals surface area contributed by atoms with Crippen LogP contribution in [0.3, 0.4) is 0 Å². The Morgan fingerprint density at radius 1 is 1.15 bits per heavy atom. The molecule has 0 aliphatic rings. The van der Waals surface area contributed by atoms with Crippen LogP contribution in [0.25, 0.3) is 5.65 Å². The normalized spacial score (nSPS) is 10.7. The number of rotatable bonds is 2. The first-order valence-electron chi connectivity index (χ1n) is 6.34. The molecule has 0 saturated heterocycles. The molecule has 0 fully saturated rings. The van der Waals surface area contributed by atoms with Crippen molar-refractivity contribution in [3.05, 3.63) is 59.5 Å². The summed E-state index contributed by atoms with van der Waals surface area (Å²) in [4.78, 5) is 16.8. The summed E-state index contributed by atoms with van der Waals surface area (Å²) < 4.78 is 1.63. The molecule has 0 spiro atoms. The average molecular weight is 266 g/mol. The Bertz CT molecular complexity index is 777. The number of hydrogen-bond donors (Lipinski definition) is 1. The van der Waals surface area contributed by atoms with Crippen molar-refractivity contribution < 1.29 is 4.79 Å². The molecule has 3 aromatic rings. The molecule has 0 unspecified atom stereocenters. The zero-order valence-electron chi connectivity index (χ0n) is 11.3. The first kappa shape index (κ1) is 12.3. The van der Waals surface area contributed by atoms with E-state index in [-0.39, 0.29) is 5.91 Å². The molecule has 0 radical (unpaired) electrons. The zero-order chi connectivity index (χ0) is 14.1. The van der Waals surface area contributed by atoms with E-state index in [2.05, 4.69) is 15.4 Å². The van der Waals surface area contributed by atoms with Crippen molar-refractivity contribution >= 4 is 17.2 Å². The van der Waals surface area contributed by atoms with Gasteiger partial charge in [-0.25, -0.2) is 9.50 Å². The summed E-state index contributed by atoms with van der Waals surface area (Å²) in [7, 11) is 0. The van der Waals surface area contributed by atoms with Crippen molar-refractivity contribution in [1.82, 2.24) is 14.6 Å². The SMILES string of the molecule is Cc1ccn2nc(C)c(C(=O)Nc3ccccc3)c2n1. The maximum Gasteiger partial charge on any atom is 0.261 e. The molecule has 3 rings (SSSR count). The Morgan fingerprint density at radius 2 is 1.90 bits per heavy atom. The highest BCUT2D eigenvalue weighted by molar-refractivity contribution is 6.09. The number of aryl methyl sites for hydroxylation is 2. The molecule has 100 valence electrons. The van der Waals surface area contributed by atoms with E-state index in [1.54, 1.807) is 4.52 Å². The van der Waals surface area contributed by atoms with E-state index in [4.69, 9.17) is 0 Å². The number of anilines is 1. The van der Waals surface area contributed by atoms with Crippen LogP contribution in [0.1, 0.15) is 21.7 Å². The number of benzene rings is 1. The van der Waals surface area contributed by atoms with Gasteiger partial charge in [0.25, 0.3) is 5.91 Å². The summed E-state index contributed by atoms with van der Waals surface area (Å²) >= 11 is 0. The van der Waals surface area contributed by atoms with Gasteiger partial charge in [0.1, 0.15) is 5.56 Å². The molecule has 0 aliphatic carbocycles. The first-order valence-corrected chi connectivity index (χ1v) is 6.34. The largest absolute Gasteiger partial charge is 0.322 e. The molecule has 1 amide bonds. The van der Waals surface area contributed by atoms with Crippen LogP contribution in [0.5, 0.6) is 0 Å². The number of carbonyl (C=O) groups excluding carboxylic acids is 1. The predicted molar refractivity (Wildman–Crippen MR) is 76.9 cm³/mol. The zero-order valence-corrected chi connectivity index (χ0v) is 11.3. The third-order valence-corrected chi connectivity index (χ3v) is 3.06. The second-order valence-corrected chi connectivity index (χ2v) is 4.62. The minimum absolute atomic E-state index is 0.193. The lowest BCUT2D eigenvalue weighted by molar-refractivity contribution is 0.102. The topological polar surface area (TPSA) is 59.3 Å². The smallest absolute Gasteiger partial charge is 0.261 e. The highest BCUT2D eigenvalue weighted by atomic mass is 16.1. The van der Waals surface area contributed by atoms with Crippen LogP contribution in [-0.2, 0) is 0 Å². The second kappa shape index (κ2) is 4.77. The third-order valence-electron chi connectivity index (χ3n) is 3.06. The van der Waals surface area contributed by atoms with Gasteiger partial charge in [0, 0.05) is 17.6 Å². The van der Waals surface area contributed by atoms with Crippen LogP contribution in [0, 0.1) is 13.8 Å². The maximum atomic E-state index is 12.4. The number of carbonyl (C=O) groups is 1. The van der Waals surface area contributed by atoms with Gasteiger partial charge in [-0.2, -0.15) is 5.10 Å². The molecular formula is C15H14N4O. The molecule has 1 aromatic carbocycles. The van der Waals surface area contributed by atoms with E-state index < -0.39 is 0 Å². The van der Waals surface area contributed by atoms with Gasteiger partial charge in [-0.15, -0.1) is 0 Å². The van der Waals surface area contributed by atoms with Crippen molar-refractivity contribution in [2.24, 2.45) is 0 Å². The minimum atomic E-state index is -0.193. The second-order valence-electron chi connectivity index (χ2n) is 4.62. The fourth-order valence-electron chi connectivity index (χ4n) is 2.11. The number of amides is 1. The van der Waals surface area contributed by atoms with E-state index >= 15 is 0 Å². The number of fused-ring (bicyclic) bond motifs is 1. The Morgan fingerprint density at radius 3 is 2.65 bits per heavy atom. The maximum absolute atomic E-state index is 12.4. The number of para-hydroxylation sites is 1. The Kier molecular flexibility index (Phi) is 2.95. The van der Waals surface area contributed by atoms with Gasteiger partial charge < -0.3 is 5.32 Å². The van der Waals surface area contributed by atoms with Crippen LogP contribution in [0.4, 0.5) is 5.69 Å². The van der Waals surface area contributed by atoms with Crippen LogP contribution < -0.4 is 5.32 Å². The van der Waals surface area contributed by atoms with Crippen molar-refractivity contribution in [1.29, 1.82) is 0 Å². The molecule has 0 bridgehead atoms. The Labute approximate surface area is 116 Å². The van der Waals surface area contributed by atoms with Crippen LogP contribution in [-0.4, -0.2) is 20.5 Å². The van der Waals surface area contributed by atoms with Gasteiger partial charge in [-0.3, -0.25) is 4.79 Å². The van der Waals surface area contributed by atoms with E-state index in [0.717, 1.165) is 11.4 Å². The molecule has 0 saturated carbocycles. The van der Waals surface area contributed by atoms with Crippen LogP contribution >= 0.6 is 0 Å². The predicted octanol–water partition coefficient (Wildman–Crippen LogP) is 2.60. The lowest BCUT2D eigenvalue weighted by Gasteiger charge is -2.04. The van der Waals surface area contributed by atoms with Crippen LogP contribution in [0.2, 0.25) is 0 Å². The van der Waals surface area contributed by atoms with E-state index in [0.29, 0.717) is 16.9 Å².